The van der Waals surface area contributed by atoms with Crippen molar-refractivity contribution in [1.82, 2.24) is 16.3 Å². The van der Waals surface area contributed by atoms with Crippen LogP contribution in [0.5, 0.6) is 0 Å². The highest BCUT2D eigenvalue weighted by Crippen LogP contribution is 2.29. The number of nitro benzene ring substituents is 1. The van der Waals surface area contributed by atoms with Gasteiger partial charge in [0.2, 0.25) is 5.91 Å². The van der Waals surface area contributed by atoms with E-state index in [-0.39, 0.29) is 29.3 Å². The molecule has 1 heterocycles. The van der Waals surface area contributed by atoms with Crippen LogP contribution < -0.4 is 16.3 Å². The Kier molecular flexibility index (Phi) is 7.19. The molecule has 0 aliphatic heterocycles. The van der Waals surface area contributed by atoms with Crippen LogP contribution in [0.1, 0.15) is 56.2 Å². The third-order valence-corrected chi connectivity index (χ3v) is 5.69. The van der Waals surface area contributed by atoms with E-state index in [1.807, 2.05) is 30.3 Å². The summed E-state index contributed by atoms with van der Waals surface area (Å²) in [5.74, 6) is -0.874. The molecule has 0 unspecified atom stereocenters. The molecule has 4 rings (SSSR count). The quantitative estimate of drug-likeness (QED) is 0.357. The minimum atomic E-state index is -0.599. The van der Waals surface area contributed by atoms with Crippen molar-refractivity contribution < 1.29 is 23.7 Å². The van der Waals surface area contributed by atoms with E-state index in [0.717, 1.165) is 5.56 Å². The summed E-state index contributed by atoms with van der Waals surface area (Å²) in [6.45, 7) is 1.71. The van der Waals surface area contributed by atoms with Gasteiger partial charge >= 0.3 is 5.91 Å². The molecule has 184 valence electrons. The number of benzene rings is 2. The molecule has 1 aromatic heterocycles. The average molecular weight is 489 g/mol. The third kappa shape index (κ3) is 5.46. The molecule has 1 aliphatic rings. The lowest BCUT2D eigenvalue weighted by Gasteiger charge is -2.13. The number of non-ortho nitro benzene ring substituents is 1. The second-order valence-corrected chi connectivity index (χ2v) is 8.18. The van der Waals surface area contributed by atoms with Crippen LogP contribution in [0.25, 0.3) is 0 Å². The molecular formula is C25H23N5O6. The Morgan fingerprint density at radius 3 is 2.42 bits per heavy atom. The lowest BCUT2D eigenvalue weighted by Crippen LogP contribution is -2.42. The maximum atomic E-state index is 12.7. The number of carbonyl (C=O) groups is 3. The highest BCUT2D eigenvalue weighted by molar-refractivity contribution is 6.07. The molecule has 36 heavy (non-hydrogen) atoms. The normalized spacial score (nSPS) is 13.5. The average Bonchev–Trinajstić information content (AvgIpc) is 3.23. The van der Waals surface area contributed by atoms with Gasteiger partial charge in [-0.3, -0.25) is 35.3 Å². The molecule has 0 spiro atoms. The Hall–Kier alpha value is -4.80. The number of nitrogens with zero attached hydrogens (tertiary/aromatic N) is 2. The number of hydrogen-bond acceptors (Lipinski definition) is 7. The molecule has 3 aromatic rings. The van der Waals surface area contributed by atoms with E-state index in [1.54, 1.807) is 6.92 Å². The zero-order valence-corrected chi connectivity index (χ0v) is 19.4. The van der Waals surface area contributed by atoms with Crippen LogP contribution in [0.4, 0.5) is 5.69 Å². The molecule has 0 atom stereocenters. The van der Waals surface area contributed by atoms with E-state index in [1.165, 1.54) is 24.3 Å². The number of hydrogen-bond donors (Lipinski definition) is 3. The summed E-state index contributed by atoms with van der Waals surface area (Å²) in [6, 6.07) is 14.3. The molecule has 0 fully saturated rings. The number of carbonyl (C=O) groups excluding carboxylic acids is 3. The smallest absolute Gasteiger partial charge is 0.305 e. The SMILES string of the molecule is Cc1c(C(=O)NNC(=O)Cc2ccccc2)oc2c1/C(=N/NC(=O)c1ccc([N+](=O)[O-])cc1)CCC2. The summed E-state index contributed by atoms with van der Waals surface area (Å²) in [4.78, 5) is 47.5. The zero-order valence-electron chi connectivity index (χ0n) is 19.4. The van der Waals surface area contributed by atoms with Crippen LogP contribution in [-0.4, -0.2) is 28.4 Å². The van der Waals surface area contributed by atoms with Crippen LogP contribution in [-0.2, 0) is 17.6 Å². The van der Waals surface area contributed by atoms with Gasteiger partial charge in [-0.15, -0.1) is 0 Å². The van der Waals surface area contributed by atoms with Crippen LogP contribution in [0.3, 0.4) is 0 Å². The van der Waals surface area contributed by atoms with Crippen molar-refractivity contribution in [3.8, 4) is 0 Å². The van der Waals surface area contributed by atoms with Gasteiger partial charge in [-0.1, -0.05) is 30.3 Å². The van der Waals surface area contributed by atoms with Crippen LogP contribution in [0, 0.1) is 17.0 Å². The molecule has 3 amide bonds. The number of fused-ring (bicyclic) bond motifs is 1. The van der Waals surface area contributed by atoms with Gasteiger partial charge in [0.25, 0.3) is 11.6 Å². The molecule has 0 saturated carbocycles. The Bertz CT molecular complexity index is 1350. The Balaban J connectivity index is 1.43. The van der Waals surface area contributed by atoms with E-state index in [0.29, 0.717) is 41.9 Å². The predicted octanol–water partition coefficient (Wildman–Crippen LogP) is 2.97. The molecule has 2 aromatic carbocycles. The van der Waals surface area contributed by atoms with Crippen molar-refractivity contribution in [2.45, 2.75) is 32.6 Å². The molecule has 1 aliphatic carbocycles. The molecule has 3 N–H and O–H groups in total. The fraction of sp³-hybridized carbons (Fsp3) is 0.200. The van der Waals surface area contributed by atoms with Gasteiger partial charge in [-0.25, -0.2) is 5.43 Å². The van der Waals surface area contributed by atoms with E-state index in [9.17, 15) is 24.5 Å². The molecular weight excluding hydrogens is 466 g/mol. The molecule has 0 radical (unpaired) electrons. The number of nitrogens with one attached hydrogen (secondary N) is 3. The molecule has 0 saturated heterocycles. The number of hydrazine groups is 1. The predicted molar refractivity (Wildman–Crippen MR) is 129 cm³/mol. The first-order chi connectivity index (χ1) is 17.3. The van der Waals surface area contributed by atoms with Gasteiger partial charge < -0.3 is 4.42 Å². The number of furan rings is 1. The highest BCUT2D eigenvalue weighted by Gasteiger charge is 2.28. The summed E-state index contributed by atoms with van der Waals surface area (Å²) in [5.41, 5.74) is 9.89. The van der Waals surface area contributed by atoms with Gasteiger partial charge in [0.1, 0.15) is 5.76 Å². The fourth-order valence-electron chi connectivity index (χ4n) is 3.92. The number of rotatable bonds is 6. The van der Waals surface area contributed by atoms with E-state index in [2.05, 4.69) is 21.4 Å². The van der Waals surface area contributed by atoms with E-state index >= 15 is 0 Å². The van der Waals surface area contributed by atoms with Crippen molar-refractivity contribution in [1.29, 1.82) is 0 Å². The largest absolute Gasteiger partial charge is 0.455 e. The first-order valence-electron chi connectivity index (χ1n) is 11.2. The fourth-order valence-corrected chi connectivity index (χ4v) is 3.92. The maximum absolute atomic E-state index is 12.7. The number of amides is 3. The standard InChI is InChI=1S/C25H23N5O6/c1-15-22-19(26-28-24(32)17-10-12-18(13-11-17)30(34)35)8-5-9-20(22)36-23(15)25(33)29-27-21(31)14-16-6-3-2-4-7-16/h2-4,6-7,10-13H,5,8-9,14H2,1H3,(H,27,31)(H,28,32)(H,29,33)/b26-19+. The molecule has 11 nitrogen and oxygen atoms in total. The van der Waals surface area contributed by atoms with E-state index in [4.69, 9.17) is 4.42 Å². The van der Waals surface area contributed by atoms with Crippen molar-refractivity contribution in [2.24, 2.45) is 5.10 Å². The van der Waals surface area contributed by atoms with Crippen molar-refractivity contribution >= 4 is 29.1 Å². The summed E-state index contributed by atoms with van der Waals surface area (Å²) in [5, 5.41) is 15.0. The first-order valence-corrected chi connectivity index (χ1v) is 11.2. The minimum Gasteiger partial charge on any atom is -0.455 e. The minimum absolute atomic E-state index is 0.0521. The van der Waals surface area contributed by atoms with Gasteiger partial charge in [0.15, 0.2) is 5.76 Å². The monoisotopic (exact) mass is 489 g/mol. The molecule has 11 heteroatoms. The number of hydrazone groups is 1. The maximum Gasteiger partial charge on any atom is 0.305 e. The zero-order chi connectivity index (χ0) is 25.7. The lowest BCUT2D eigenvalue weighted by molar-refractivity contribution is -0.384. The van der Waals surface area contributed by atoms with Crippen molar-refractivity contribution in [3.05, 3.63) is 98.5 Å². The molecule has 0 bridgehead atoms. The topological polar surface area (TPSA) is 156 Å². The number of nitro groups is 1. The van der Waals surface area contributed by atoms with Crippen LogP contribution >= 0.6 is 0 Å². The Morgan fingerprint density at radius 1 is 1.00 bits per heavy atom. The second kappa shape index (κ2) is 10.6. The van der Waals surface area contributed by atoms with Gasteiger partial charge in [-0.05, 0) is 37.5 Å². The van der Waals surface area contributed by atoms with E-state index < -0.39 is 16.7 Å². The lowest BCUT2D eigenvalue weighted by atomic mass is 9.93. The summed E-state index contributed by atoms with van der Waals surface area (Å²) in [6.07, 6.45) is 1.98. The van der Waals surface area contributed by atoms with Crippen LogP contribution in [0.15, 0.2) is 64.1 Å². The number of aryl methyl sites for hydroxylation is 1. The Morgan fingerprint density at radius 2 is 1.72 bits per heavy atom. The highest BCUT2D eigenvalue weighted by atomic mass is 16.6. The first kappa shape index (κ1) is 24.3. The summed E-state index contributed by atoms with van der Waals surface area (Å²) in [7, 11) is 0. The summed E-state index contributed by atoms with van der Waals surface area (Å²) < 4.78 is 5.79. The second-order valence-electron chi connectivity index (χ2n) is 8.18. The third-order valence-electron chi connectivity index (χ3n) is 5.69. The van der Waals surface area contributed by atoms with Gasteiger partial charge in [0, 0.05) is 35.2 Å². The van der Waals surface area contributed by atoms with Crippen molar-refractivity contribution in [3.63, 3.8) is 0 Å². The summed E-state index contributed by atoms with van der Waals surface area (Å²) >= 11 is 0. The van der Waals surface area contributed by atoms with Crippen LogP contribution in [0.2, 0.25) is 0 Å². The van der Waals surface area contributed by atoms with Gasteiger partial charge in [0.05, 0.1) is 17.1 Å². The van der Waals surface area contributed by atoms with Gasteiger partial charge in [-0.2, -0.15) is 5.10 Å². The Labute approximate surface area is 205 Å². The van der Waals surface area contributed by atoms with Crippen molar-refractivity contribution in [2.75, 3.05) is 0 Å².